The highest BCUT2D eigenvalue weighted by molar-refractivity contribution is 8.13. The zero-order valence-corrected chi connectivity index (χ0v) is 19.3. The van der Waals surface area contributed by atoms with E-state index >= 15 is 0 Å². The van der Waals surface area contributed by atoms with Crippen LogP contribution in [0.15, 0.2) is 42.5 Å². The lowest BCUT2D eigenvalue weighted by atomic mass is 10.0. The van der Waals surface area contributed by atoms with E-state index < -0.39 is 5.72 Å². The van der Waals surface area contributed by atoms with Gasteiger partial charge in [0.25, 0.3) is 5.72 Å². The number of halogens is 3. The van der Waals surface area contributed by atoms with Gasteiger partial charge in [-0.25, -0.2) is 9.48 Å². The number of benzene rings is 2. The van der Waals surface area contributed by atoms with Gasteiger partial charge in [0, 0.05) is 10.8 Å². The molecule has 0 aromatic heterocycles. The molecular formula is C20H21BrCl2N2O2S. The minimum Gasteiger partial charge on any atom is -1.00 e. The summed E-state index contributed by atoms with van der Waals surface area (Å²) in [6, 6.07) is 13.2. The van der Waals surface area contributed by atoms with Gasteiger partial charge in [0.05, 0.1) is 23.7 Å². The molecule has 1 N–H and O–H groups in total. The Kier molecular flexibility index (Phi) is 6.88. The number of hydrogen-bond acceptors (Lipinski definition) is 4. The molecule has 0 radical (unpaired) electrons. The third kappa shape index (κ3) is 3.77. The summed E-state index contributed by atoms with van der Waals surface area (Å²) < 4.78 is 7.89. The Balaban J connectivity index is 0.00000225. The van der Waals surface area contributed by atoms with E-state index in [4.69, 9.17) is 27.9 Å². The van der Waals surface area contributed by atoms with Crippen molar-refractivity contribution in [1.29, 1.82) is 0 Å². The molecule has 0 saturated carbocycles. The van der Waals surface area contributed by atoms with E-state index in [0.29, 0.717) is 28.8 Å². The molecule has 1 atom stereocenters. The first-order valence-electron chi connectivity index (χ1n) is 8.99. The summed E-state index contributed by atoms with van der Waals surface area (Å²) in [7, 11) is 0. The maximum absolute atomic E-state index is 11.8. The summed E-state index contributed by atoms with van der Waals surface area (Å²) in [5.41, 5.74) is 0.406. The number of aliphatic hydroxyl groups is 1. The quantitative estimate of drug-likeness (QED) is 0.642. The first-order valence-corrected chi connectivity index (χ1v) is 10.7. The lowest BCUT2D eigenvalue weighted by Crippen LogP contribution is -3.00. The molecule has 28 heavy (non-hydrogen) atoms. The Morgan fingerprint density at radius 2 is 2.04 bits per heavy atom. The van der Waals surface area contributed by atoms with Crippen LogP contribution in [0.1, 0.15) is 18.9 Å². The van der Waals surface area contributed by atoms with Crippen molar-refractivity contribution in [1.82, 2.24) is 0 Å². The van der Waals surface area contributed by atoms with Gasteiger partial charge in [0.1, 0.15) is 0 Å². The number of para-hydroxylation sites is 2. The molecule has 0 aliphatic carbocycles. The Morgan fingerprint density at radius 3 is 2.79 bits per heavy atom. The zero-order chi connectivity index (χ0) is 19.0. The maximum atomic E-state index is 11.8. The Labute approximate surface area is 189 Å². The number of amidine groups is 1. The van der Waals surface area contributed by atoms with Gasteiger partial charge in [0.15, 0.2) is 18.0 Å². The van der Waals surface area contributed by atoms with Crippen molar-refractivity contribution < 1.29 is 31.4 Å². The molecule has 0 saturated heterocycles. The number of β-amino-alcohol motifs (C(OH)–C–C–N with tert-alkyl or cyclic N) is 1. The second-order valence-corrected chi connectivity index (χ2v) is 8.47. The Morgan fingerprint density at radius 1 is 1.25 bits per heavy atom. The van der Waals surface area contributed by atoms with Crippen molar-refractivity contribution >= 4 is 45.8 Å². The van der Waals surface area contributed by atoms with Gasteiger partial charge in [-0.15, -0.1) is 0 Å². The summed E-state index contributed by atoms with van der Waals surface area (Å²) >= 11 is 14.3. The van der Waals surface area contributed by atoms with Gasteiger partial charge >= 0.3 is 5.17 Å². The maximum Gasteiger partial charge on any atom is 0.316 e. The third-order valence-electron chi connectivity index (χ3n) is 4.86. The van der Waals surface area contributed by atoms with Crippen LogP contribution in [0.2, 0.25) is 10.0 Å². The monoisotopic (exact) mass is 502 g/mol. The highest BCUT2D eigenvalue weighted by Gasteiger charge is 2.54. The second kappa shape index (κ2) is 8.84. The first-order chi connectivity index (χ1) is 13.0. The molecule has 8 heteroatoms. The summed E-state index contributed by atoms with van der Waals surface area (Å²) in [6.45, 7) is 3.70. The van der Waals surface area contributed by atoms with Crippen molar-refractivity contribution in [2.75, 3.05) is 30.3 Å². The lowest BCUT2D eigenvalue weighted by molar-refractivity contribution is -0.656. The molecule has 0 fully saturated rings. The van der Waals surface area contributed by atoms with Gasteiger partial charge in [-0.05, 0) is 55.4 Å². The Bertz CT molecular complexity index is 912. The van der Waals surface area contributed by atoms with Crippen LogP contribution in [0, 0.1) is 0 Å². The van der Waals surface area contributed by atoms with E-state index in [-0.39, 0.29) is 17.0 Å². The van der Waals surface area contributed by atoms with E-state index in [1.807, 2.05) is 37.3 Å². The summed E-state index contributed by atoms with van der Waals surface area (Å²) in [4.78, 5) is 2.14. The number of thioether (sulfide) groups is 1. The smallest absolute Gasteiger partial charge is 0.316 e. The van der Waals surface area contributed by atoms with Crippen LogP contribution in [-0.4, -0.2) is 40.3 Å². The van der Waals surface area contributed by atoms with E-state index in [0.717, 1.165) is 35.3 Å². The molecule has 2 aromatic rings. The topological polar surface area (TPSA) is 35.7 Å². The van der Waals surface area contributed by atoms with Gasteiger partial charge in [-0.1, -0.05) is 35.3 Å². The molecule has 2 heterocycles. The van der Waals surface area contributed by atoms with Crippen molar-refractivity contribution in [3.63, 3.8) is 0 Å². The van der Waals surface area contributed by atoms with Crippen LogP contribution in [0.5, 0.6) is 5.75 Å². The summed E-state index contributed by atoms with van der Waals surface area (Å²) in [5, 5.41) is 13.8. The van der Waals surface area contributed by atoms with Crippen LogP contribution in [0.4, 0.5) is 5.69 Å². The molecule has 2 aliphatic rings. The number of ether oxygens (including phenoxy) is 1. The molecule has 2 aliphatic heterocycles. The predicted octanol–water partition coefficient (Wildman–Crippen LogP) is 1.57. The number of anilines is 1. The van der Waals surface area contributed by atoms with Crippen molar-refractivity contribution in [2.45, 2.75) is 19.1 Å². The van der Waals surface area contributed by atoms with Crippen molar-refractivity contribution in [3.05, 3.63) is 58.1 Å². The van der Waals surface area contributed by atoms with E-state index in [1.54, 1.807) is 23.9 Å². The predicted molar refractivity (Wildman–Crippen MR) is 113 cm³/mol. The van der Waals surface area contributed by atoms with Gasteiger partial charge in [0.2, 0.25) is 0 Å². The van der Waals surface area contributed by atoms with Crippen LogP contribution in [-0.2, 0) is 5.72 Å². The molecule has 0 amide bonds. The summed E-state index contributed by atoms with van der Waals surface area (Å²) in [5.74, 6) is 1.83. The van der Waals surface area contributed by atoms with Crippen molar-refractivity contribution in [2.24, 2.45) is 0 Å². The molecule has 1 unspecified atom stereocenters. The normalized spacial score (nSPS) is 21.4. The van der Waals surface area contributed by atoms with Gasteiger partial charge in [-0.3, -0.25) is 0 Å². The SMILES string of the molecule is CCOc1ccccc1N1CC(O)(c2ccc(Cl)cc2Cl)[N+]2=C1SCCC2.[Br-]. The highest BCUT2D eigenvalue weighted by Crippen LogP contribution is 2.42. The van der Waals surface area contributed by atoms with Crippen LogP contribution >= 0.6 is 35.0 Å². The molecule has 4 nitrogen and oxygen atoms in total. The number of nitrogens with zero attached hydrogens (tertiary/aromatic N) is 2. The van der Waals surface area contributed by atoms with E-state index in [2.05, 4.69) is 9.48 Å². The van der Waals surface area contributed by atoms with Crippen molar-refractivity contribution in [3.8, 4) is 5.75 Å². The minimum atomic E-state index is -1.22. The van der Waals surface area contributed by atoms with Crippen LogP contribution in [0.25, 0.3) is 0 Å². The zero-order valence-electron chi connectivity index (χ0n) is 15.4. The lowest BCUT2D eigenvalue weighted by Gasteiger charge is -2.25. The van der Waals surface area contributed by atoms with Gasteiger partial charge < -0.3 is 26.8 Å². The molecule has 0 bridgehead atoms. The third-order valence-corrected chi connectivity index (χ3v) is 6.60. The molecule has 0 spiro atoms. The fraction of sp³-hybridized carbons (Fsp3) is 0.350. The molecule has 4 rings (SSSR count). The van der Waals surface area contributed by atoms with Crippen LogP contribution < -0.4 is 26.6 Å². The summed E-state index contributed by atoms with van der Waals surface area (Å²) in [6.07, 6.45) is 1.00. The van der Waals surface area contributed by atoms with Crippen LogP contribution in [0.3, 0.4) is 0 Å². The minimum absolute atomic E-state index is 0. The molecular weight excluding hydrogens is 483 g/mol. The van der Waals surface area contributed by atoms with Gasteiger partial charge in [-0.2, -0.15) is 0 Å². The number of rotatable bonds is 4. The Hall–Kier alpha value is -0.920. The first kappa shape index (κ1) is 21.8. The second-order valence-electron chi connectivity index (χ2n) is 6.56. The fourth-order valence-corrected chi connectivity index (χ4v) is 5.42. The highest BCUT2D eigenvalue weighted by atomic mass is 79.9. The molecule has 150 valence electrons. The fourth-order valence-electron chi connectivity index (χ4n) is 3.69. The largest absolute Gasteiger partial charge is 1.00 e. The molecule has 2 aromatic carbocycles. The standard InChI is InChI=1S/C20H21Cl2N2O2S.BrH/c1-2-26-18-7-4-3-6-17(18)23-13-20(25,24-10-5-11-27-19(23)24)15-9-8-14(21)12-16(15)22;/h3-4,6-9,12,25H,2,5,10-11,13H2,1H3;1H/q+1;/p-1. The average Bonchev–Trinajstić information content (AvgIpc) is 2.96. The van der Waals surface area contributed by atoms with E-state index in [1.165, 1.54) is 0 Å². The van der Waals surface area contributed by atoms with E-state index in [9.17, 15) is 5.11 Å². The number of hydrogen-bond donors (Lipinski definition) is 1. The average molecular weight is 504 g/mol.